The van der Waals surface area contributed by atoms with Gasteiger partial charge in [0.1, 0.15) is 17.8 Å². The van der Waals surface area contributed by atoms with Crippen LogP contribution in [0.25, 0.3) is 0 Å². The number of carbonyl (C=O) groups excluding carboxylic acids is 2. The maximum absolute atomic E-state index is 13.5. The highest BCUT2D eigenvalue weighted by Gasteiger charge is 2.81. The van der Waals surface area contributed by atoms with Crippen LogP contribution in [0.5, 0.6) is 0 Å². The van der Waals surface area contributed by atoms with Crippen molar-refractivity contribution in [3.05, 3.63) is 12.7 Å². The lowest BCUT2D eigenvalue weighted by atomic mass is 9.40. The van der Waals surface area contributed by atoms with E-state index >= 15 is 0 Å². The molecule has 2 aliphatic carbocycles. The molecule has 0 spiro atoms. The van der Waals surface area contributed by atoms with Gasteiger partial charge in [-0.25, -0.2) is 0 Å². The van der Waals surface area contributed by atoms with Crippen LogP contribution in [-0.2, 0) is 19.1 Å². The fourth-order valence-corrected chi connectivity index (χ4v) is 6.60. The number of ether oxygens (including phenoxy) is 2. The zero-order valence-corrected chi connectivity index (χ0v) is 18.2. The molecule has 3 fully saturated rings. The van der Waals surface area contributed by atoms with Crippen LogP contribution in [0.1, 0.15) is 60.8 Å². The normalized spacial score (nSPS) is 51.6. The number of ketones is 1. The zero-order chi connectivity index (χ0) is 22.2. The predicted octanol–water partition coefficient (Wildman–Crippen LogP) is 1.52. The van der Waals surface area contributed by atoms with Gasteiger partial charge >= 0.3 is 5.97 Å². The Kier molecular flexibility index (Phi) is 4.91. The lowest BCUT2D eigenvalue weighted by Gasteiger charge is -2.71. The summed E-state index contributed by atoms with van der Waals surface area (Å²) in [5.41, 5.74) is -7.03. The van der Waals surface area contributed by atoms with Crippen molar-refractivity contribution in [1.29, 1.82) is 0 Å². The van der Waals surface area contributed by atoms with Crippen LogP contribution in [0.4, 0.5) is 0 Å². The van der Waals surface area contributed by atoms with Crippen LogP contribution < -0.4 is 0 Å². The Morgan fingerprint density at radius 3 is 2.34 bits per heavy atom. The first kappa shape index (κ1) is 22.4. The van der Waals surface area contributed by atoms with Gasteiger partial charge in [-0.05, 0) is 32.1 Å². The summed E-state index contributed by atoms with van der Waals surface area (Å²) in [5.74, 6) is -1.77. The topological polar surface area (TPSA) is 113 Å². The van der Waals surface area contributed by atoms with E-state index in [-0.39, 0.29) is 6.42 Å². The molecule has 7 heteroatoms. The lowest BCUT2D eigenvalue weighted by Crippen LogP contribution is -2.86. The summed E-state index contributed by atoms with van der Waals surface area (Å²) >= 11 is 0. The number of fused-ring (bicyclic) bond motifs is 3. The average Bonchev–Trinajstić information content (AvgIpc) is 2.60. The van der Waals surface area contributed by atoms with Crippen molar-refractivity contribution in [1.82, 2.24) is 0 Å². The molecule has 2 saturated carbocycles. The summed E-state index contributed by atoms with van der Waals surface area (Å²) in [6.45, 7) is 13.6. The van der Waals surface area contributed by atoms with E-state index in [1.807, 2.05) is 13.8 Å². The van der Waals surface area contributed by atoms with Crippen molar-refractivity contribution in [3.63, 3.8) is 0 Å². The Balaban J connectivity index is 2.32. The zero-order valence-electron chi connectivity index (χ0n) is 18.2. The van der Waals surface area contributed by atoms with Gasteiger partial charge in [0.25, 0.3) is 0 Å². The minimum atomic E-state index is -2.18. The van der Waals surface area contributed by atoms with Crippen LogP contribution in [0.15, 0.2) is 12.7 Å². The molecule has 8 atom stereocenters. The summed E-state index contributed by atoms with van der Waals surface area (Å²) in [7, 11) is 0. The summed E-state index contributed by atoms with van der Waals surface area (Å²) in [6, 6.07) is 0. The number of aliphatic hydroxyl groups excluding tert-OH is 2. The van der Waals surface area contributed by atoms with E-state index in [9.17, 15) is 24.9 Å². The molecule has 3 rings (SSSR count). The maximum Gasteiger partial charge on any atom is 0.303 e. The Hall–Kier alpha value is -1.28. The van der Waals surface area contributed by atoms with Crippen LogP contribution >= 0.6 is 0 Å². The van der Waals surface area contributed by atoms with Gasteiger partial charge in [0.2, 0.25) is 0 Å². The van der Waals surface area contributed by atoms with Crippen molar-refractivity contribution < 1.29 is 34.4 Å². The monoisotopic (exact) mass is 410 g/mol. The van der Waals surface area contributed by atoms with Crippen molar-refractivity contribution in [2.75, 3.05) is 0 Å². The molecule has 0 radical (unpaired) electrons. The molecule has 0 amide bonds. The summed E-state index contributed by atoms with van der Waals surface area (Å²) in [5, 5.41) is 34.6. The first-order valence-corrected chi connectivity index (χ1v) is 10.2. The van der Waals surface area contributed by atoms with E-state index in [4.69, 9.17) is 9.47 Å². The molecule has 164 valence electrons. The minimum Gasteiger partial charge on any atom is -0.459 e. The molecule has 0 unspecified atom stereocenters. The number of hydrogen-bond acceptors (Lipinski definition) is 7. The van der Waals surface area contributed by atoms with Gasteiger partial charge in [-0.15, -0.1) is 6.58 Å². The van der Waals surface area contributed by atoms with Crippen molar-refractivity contribution in [2.24, 2.45) is 16.7 Å². The largest absolute Gasteiger partial charge is 0.459 e. The van der Waals surface area contributed by atoms with E-state index in [1.54, 1.807) is 13.8 Å². The highest BCUT2D eigenvalue weighted by atomic mass is 16.6. The molecule has 7 nitrogen and oxygen atoms in total. The van der Waals surface area contributed by atoms with Gasteiger partial charge in [0.05, 0.1) is 11.7 Å². The molecule has 3 aliphatic rings. The van der Waals surface area contributed by atoms with Crippen molar-refractivity contribution in [3.8, 4) is 0 Å². The standard InChI is InChI=1S/C22H34O7/c1-8-19(5)11-14(25)22(27)20(6)13(24)9-10-18(3,4)16(20)15(28-12(2)23)17(26)21(22,7)29-19/h8,13,15-17,24,26-27H,1,9-11H2,2-7H3/t13-,15-,16-,17-,19-,20-,21+,22-/m0/s1. The van der Waals surface area contributed by atoms with Crippen LogP contribution in [0.2, 0.25) is 0 Å². The van der Waals surface area contributed by atoms with E-state index in [0.29, 0.717) is 12.8 Å². The van der Waals surface area contributed by atoms with Crippen LogP contribution in [-0.4, -0.2) is 62.2 Å². The smallest absolute Gasteiger partial charge is 0.303 e. The van der Waals surface area contributed by atoms with Gasteiger partial charge in [-0.3, -0.25) is 9.59 Å². The third kappa shape index (κ3) is 2.63. The number of carbonyl (C=O) groups is 2. The number of aliphatic hydroxyl groups is 3. The fraction of sp³-hybridized carbons (Fsp3) is 0.818. The Bertz CT molecular complexity index is 747. The fourth-order valence-electron chi connectivity index (χ4n) is 6.60. The van der Waals surface area contributed by atoms with E-state index in [2.05, 4.69) is 6.58 Å². The summed E-state index contributed by atoms with van der Waals surface area (Å²) in [4.78, 5) is 25.5. The van der Waals surface area contributed by atoms with Gasteiger partial charge in [0, 0.05) is 24.7 Å². The lowest BCUT2D eigenvalue weighted by molar-refractivity contribution is -0.370. The molecular weight excluding hydrogens is 376 g/mol. The first-order valence-electron chi connectivity index (χ1n) is 10.2. The Labute approximate surface area is 172 Å². The van der Waals surface area contributed by atoms with Crippen LogP contribution in [0, 0.1) is 16.7 Å². The van der Waals surface area contributed by atoms with E-state index < -0.39 is 63.6 Å². The number of hydrogen-bond donors (Lipinski definition) is 3. The minimum absolute atomic E-state index is 0.136. The van der Waals surface area contributed by atoms with Crippen LogP contribution in [0.3, 0.4) is 0 Å². The number of esters is 1. The second kappa shape index (κ2) is 6.36. The second-order valence-electron chi connectivity index (χ2n) is 10.4. The van der Waals surface area contributed by atoms with Gasteiger partial charge in [-0.1, -0.05) is 26.8 Å². The molecule has 3 N–H and O–H groups in total. The molecule has 29 heavy (non-hydrogen) atoms. The summed E-state index contributed by atoms with van der Waals surface area (Å²) < 4.78 is 11.8. The quantitative estimate of drug-likeness (QED) is 0.467. The third-order valence-corrected chi connectivity index (χ3v) is 8.04. The number of rotatable bonds is 2. The van der Waals surface area contributed by atoms with E-state index in [1.165, 1.54) is 19.9 Å². The molecule has 0 aromatic heterocycles. The molecule has 1 aliphatic heterocycles. The first-order chi connectivity index (χ1) is 13.1. The van der Waals surface area contributed by atoms with E-state index in [0.717, 1.165) is 0 Å². The Morgan fingerprint density at radius 1 is 1.24 bits per heavy atom. The highest BCUT2D eigenvalue weighted by molar-refractivity contribution is 5.92. The molecule has 0 bridgehead atoms. The second-order valence-corrected chi connectivity index (χ2v) is 10.4. The van der Waals surface area contributed by atoms with Crippen molar-refractivity contribution in [2.45, 2.75) is 95.9 Å². The molecule has 0 aromatic carbocycles. The van der Waals surface area contributed by atoms with Gasteiger partial charge in [0.15, 0.2) is 11.4 Å². The molecular formula is C22H34O7. The van der Waals surface area contributed by atoms with Crippen molar-refractivity contribution >= 4 is 11.8 Å². The number of Topliss-reactive ketones (excluding diaryl/α,β-unsaturated/α-hetero) is 1. The highest BCUT2D eigenvalue weighted by Crippen LogP contribution is 2.67. The maximum atomic E-state index is 13.5. The molecule has 0 aromatic rings. The predicted molar refractivity (Wildman–Crippen MR) is 105 cm³/mol. The third-order valence-electron chi connectivity index (χ3n) is 8.04. The molecule has 1 saturated heterocycles. The average molecular weight is 411 g/mol. The SMILES string of the molecule is C=C[C@@]1(C)CC(=O)[C@]2(O)[C@@]3(C)[C@@H](O)CCC(C)(C)[C@@H]3[C@H](OC(C)=O)[C@H](O)[C@@]2(C)O1. The van der Waals surface area contributed by atoms with Gasteiger partial charge in [-0.2, -0.15) is 0 Å². The summed E-state index contributed by atoms with van der Waals surface area (Å²) in [6.07, 6.45) is -1.30. The molecule has 1 heterocycles. The Morgan fingerprint density at radius 2 is 1.83 bits per heavy atom. The van der Waals surface area contributed by atoms with Gasteiger partial charge < -0.3 is 24.8 Å².